The van der Waals surface area contributed by atoms with Crippen LogP contribution in [0.2, 0.25) is 0 Å². The SMILES string of the molecule is Cn1cccc1[C@@H]1CCCN1[C@H](C(=O)N1CCCC1)c1ccccc1. The minimum atomic E-state index is -0.165. The van der Waals surface area contributed by atoms with E-state index in [1.807, 2.05) is 18.2 Å². The van der Waals surface area contributed by atoms with Crippen LogP contribution < -0.4 is 0 Å². The zero-order valence-electron chi connectivity index (χ0n) is 15.0. The van der Waals surface area contributed by atoms with E-state index < -0.39 is 0 Å². The molecule has 0 aliphatic carbocycles. The van der Waals surface area contributed by atoms with E-state index in [1.54, 1.807) is 0 Å². The summed E-state index contributed by atoms with van der Waals surface area (Å²) in [6.45, 7) is 2.80. The molecule has 0 unspecified atom stereocenters. The average molecular weight is 337 g/mol. The maximum absolute atomic E-state index is 13.4. The minimum absolute atomic E-state index is 0.165. The summed E-state index contributed by atoms with van der Waals surface area (Å²) < 4.78 is 2.20. The van der Waals surface area contributed by atoms with Gasteiger partial charge in [0.1, 0.15) is 6.04 Å². The molecular weight excluding hydrogens is 310 g/mol. The van der Waals surface area contributed by atoms with Gasteiger partial charge in [-0.15, -0.1) is 0 Å². The third-order valence-electron chi connectivity index (χ3n) is 5.72. The van der Waals surface area contributed by atoms with Gasteiger partial charge < -0.3 is 9.47 Å². The second kappa shape index (κ2) is 7.04. The van der Waals surface area contributed by atoms with Crippen molar-refractivity contribution in [2.45, 2.75) is 37.8 Å². The fourth-order valence-corrected chi connectivity index (χ4v) is 4.46. The quantitative estimate of drug-likeness (QED) is 0.854. The van der Waals surface area contributed by atoms with Crippen LogP contribution >= 0.6 is 0 Å². The molecule has 2 aliphatic heterocycles. The number of amides is 1. The first-order valence-electron chi connectivity index (χ1n) is 9.46. The molecule has 2 aliphatic rings. The highest BCUT2D eigenvalue weighted by Crippen LogP contribution is 2.39. The number of benzene rings is 1. The fourth-order valence-electron chi connectivity index (χ4n) is 4.46. The van der Waals surface area contributed by atoms with Gasteiger partial charge in [-0.05, 0) is 49.9 Å². The minimum Gasteiger partial charge on any atom is -0.353 e. The van der Waals surface area contributed by atoms with Crippen LogP contribution in [0.5, 0.6) is 0 Å². The van der Waals surface area contributed by atoms with Gasteiger partial charge in [0, 0.05) is 32.0 Å². The first kappa shape index (κ1) is 16.4. The van der Waals surface area contributed by atoms with E-state index in [0.717, 1.165) is 50.9 Å². The molecule has 0 spiro atoms. The van der Waals surface area contributed by atoms with Crippen LogP contribution in [0.4, 0.5) is 0 Å². The number of carbonyl (C=O) groups excluding carboxylic acids is 1. The zero-order chi connectivity index (χ0) is 17.2. The summed E-state index contributed by atoms with van der Waals surface area (Å²) in [6.07, 6.45) is 6.63. The Balaban J connectivity index is 1.69. The Morgan fingerprint density at radius 3 is 2.44 bits per heavy atom. The van der Waals surface area contributed by atoms with Crippen LogP contribution in [0.3, 0.4) is 0 Å². The van der Waals surface area contributed by atoms with E-state index in [4.69, 9.17) is 0 Å². The number of aromatic nitrogens is 1. The van der Waals surface area contributed by atoms with Crippen molar-refractivity contribution in [1.29, 1.82) is 0 Å². The lowest BCUT2D eigenvalue weighted by atomic mass is 10.0. The van der Waals surface area contributed by atoms with Crippen molar-refractivity contribution < 1.29 is 4.79 Å². The number of hydrogen-bond acceptors (Lipinski definition) is 2. The molecule has 2 aromatic rings. The molecule has 0 radical (unpaired) electrons. The zero-order valence-corrected chi connectivity index (χ0v) is 15.0. The van der Waals surface area contributed by atoms with Crippen molar-refractivity contribution >= 4 is 5.91 Å². The number of nitrogens with zero attached hydrogens (tertiary/aromatic N) is 3. The van der Waals surface area contributed by atoms with Gasteiger partial charge in [0.2, 0.25) is 5.91 Å². The average Bonchev–Trinajstić information content (AvgIpc) is 3.37. The number of aryl methyl sites for hydroxylation is 1. The van der Waals surface area contributed by atoms with Gasteiger partial charge in [-0.3, -0.25) is 9.69 Å². The molecule has 4 heteroatoms. The molecule has 2 fully saturated rings. The summed E-state index contributed by atoms with van der Waals surface area (Å²) in [6, 6.07) is 14.8. The summed E-state index contributed by atoms with van der Waals surface area (Å²) in [5.74, 6) is 0.282. The smallest absolute Gasteiger partial charge is 0.244 e. The molecule has 4 rings (SSSR count). The summed E-state index contributed by atoms with van der Waals surface area (Å²) in [5, 5.41) is 0. The van der Waals surface area contributed by atoms with Crippen molar-refractivity contribution in [3.63, 3.8) is 0 Å². The van der Waals surface area contributed by atoms with Gasteiger partial charge in [0.25, 0.3) is 0 Å². The fraction of sp³-hybridized carbons (Fsp3) is 0.476. The number of likely N-dealkylation sites (tertiary alicyclic amines) is 2. The van der Waals surface area contributed by atoms with E-state index in [1.165, 1.54) is 5.69 Å². The normalized spacial score (nSPS) is 22.4. The van der Waals surface area contributed by atoms with E-state index in [0.29, 0.717) is 6.04 Å². The largest absolute Gasteiger partial charge is 0.353 e. The first-order valence-corrected chi connectivity index (χ1v) is 9.46. The molecule has 2 atom stereocenters. The van der Waals surface area contributed by atoms with E-state index >= 15 is 0 Å². The van der Waals surface area contributed by atoms with E-state index in [2.05, 4.69) is 51.9 Å². The predicted octanol–water partition coefficient (Wildman–Crippen LogP) is 3.53. The molecule has 3 heterocycles. The van der Waals surface area contributed by atoms with Crippen molar-refractivity contribution in [2.24, 2.45) is 7.05 Å². The Labute approximate surface area is 150 Å². The first-order chi connectivity index (χ1) is 12.3. The summed E-state index contributed by atoms with van der Waals surface area (Å²) >= 11 is 0. The van der Waals surface area contributed by atoms with Gasteiger partial charge in [0.15, 0.2) is 0 Å². The monoisotopic (exact) mass is 337 g/mol. The van der Waals surface area contributed by atoms with Gasteiger partial charge in [0.05, 0.1) is 6.04 Å². The van der Waals surface area contributed by atoms with Crippen molar-refractivity contribution in [3.8, 4) is 0 Å². The van der Waals surface area contributed by atoms with Crippen molar-refractivity contribution in [3.05, 3.63) is 59.9 Å². The summed E-state index contributed by atoms with van der Waals surface area (Å²) in [4.78, 5) is 17.9. The topological polar surface area (TPSA) is 28.5 Å². The third-order valence-corrected chi connectivity index (χ3v) is 5.72. The number of rotatable bonds is 4. The standard InChI is InChI=1S/C21H27N3O/c1-22-13-7-11-18(22)19-12-8-16-24(19)20(17-9-3-2-4-10-17)21(25)23-14-5-6-15-23/h2-4,7,9-11,13,19-20H,5-6,8,12,14-16H2,1H3/t19-,20-/m0/s1. The van der Waals surface area contributed by atoms with Gasteiger partial charge in [-0.1, -0.05) is 30.3 Å². The summed E-state index contributed by atoms with van der Waals surface area (Å²) in [5.41, 5.74) is 2.44. The highest BCUT2D eigenvalue weighted by Gasteiger charge is 2.39. The lowest BCUT2D eigenvalue weighted by molar-refractivity contribution is -0.136. The molecule has 132 valence electrons. The van der Waals surface area contributed by atoms with Gasteiger partial charge >= 0.3 is 0 Å². The molecule has 0 N–H and O–H groups in total. The Kier molecular flexibility index (Phi) is 4.62. The molecule has 1 aromatic heterocycles. The molecule has 1 aromatic carbocycles. The molecule has 1 amide bonds. The van der Waals surface area contributed by atoms with Gasteiger partial charge in [-0.2, -0.15) is 0 Å². The van der Waals surface area contributed by atoms with Crippen LogP contribution in [-0.2, 0) is 11.8 Å². The van der Waals surface area contributed by atoms with Gasteiger partial charge in [-0.25, -0.2) is 0 Å². The number of carbonyl (C=O) groups is 1. The Hall–Kier alpha value is -2.07. The van der Waals surface area contributed by atoms with Crippen molar-refractivity contribution in [2.75, 3.05) is 19.6 Å². The van der Waals surface area contributed by atoms with Crippen LogP contribution in [0.25, 0.3) is 0 Å². The summed E-state index contributed by atoms with van der Waals surface area (Å²) in [7, 11) is 2.10. The lowest BCUT2D eigenvalue weighted by Crippen LogP contribution is -2.42. The van der Waals surface area contributed by atoms with E-state index in [9.17, 15) is 4.79 Å². The molecule has 0 bridgehead atoms. The second-order valence-electron chi connectivity index (χ2n) is 7.29. The lowest BCUT2D eigenvalue weighted by Gasteiger charge is -2.35. The molecule has 4 nitrogen and oxygen atoms in total. The molecule has 2 saturated heterocycles. The highest BCUT2D eigenvalue weighted by molar-refractivity contribution is 5.83. The Bertz CT molecular complexity index is 718. The van der Waals surface area contributed by atoms with Crippen LogP contribution in [0.1, 0.15) is 49.0 Å². The van der Waals surface area contributed by atoms with Crippen LogP contribution in [-0.4, -0.2) is 39.9 Å². The predicted molar refractivity (Wildman–Crippen MR) is 99.1 cm³/mol. The Morgan fingerprint density at radius 1 is 1.00 bits per heavy atom. The maximum atomic E-state index is 13.4. The molecular formula is C21H27N3O. The highest BCUT2D eigenvalue weighted by atomic mass is 16.2. The maximum Gasteiger partial charge on any atom is 0.244 e. The third kappa shape index (κ3) is 3.11. The molecule has 0 saturated carbocycles. The molecule has 25 heavy (non-hydrogen) atoms. The van der Waals surface area contributed by atoms with Crippen molar-refractivity contribution in [1.82, 2.24) is 14.4 Å². The van der Waals surface area contributed by atoms with Crippen LogP contribution in [0.15, 0.2) is 48.7 Å². The van der Waals surface area contributed by atoms with Crippen LogP contribution in [0, 0.1) is 0 Å². The number of hydrogen-bond donors (Lipinski definition) is 0. The Morgan fingerprint density at radius 2 is 1.76 bits per heavy atom. The second-order valence-corrected chi connectivity index (χ2v) is 7.29. The van der Waals surface area contributed by atoms with E-state index in [-0.39, 0.29) is 11.9 Å².